The quantitative estimate of drug-likeness (QED) is 0.753. The van der Waals surface area contributed by atoms with Gasteiger partial charge < -0.3 is 15.7 Å². The molecule has 3 N–H and O–H groups in total. The molecule has 1 fully saturated rings. The molecule has 116 valence electrons. The van der Waals surface area contributed by atoms with Gasteiger partial charge >= 0.3 is 6.03 Å². The Labute approximate surface area is 122 Å². The maximum Gasteiger partial charge on any atom is 0.314 e. The zero-order chi connectivity index (χ0) is 15.4. The van der Waals surface area contributed by atoms with E-state index in [-0.39, 0.29) is 18.5 Å². The lowest BCUT2D eigenvalue weighted by molar-refractivity contribution is 0.149. The van der Waals surface area contributed by atoms with Crippen molar-refractivity contribution < 1.29 is 18.7 Å². The van der Waals surface area contributed by atoms with E-state index in [1.807, 2.05) is 6.92 Å². The molecule has 0 unspecified atom stereocenters. The number of hydrogen-bond donors (Lipinski definition) is 3. The minimum absolute atomic E-state index is 0.140. The molecular weight excluding hydrogens is 278 g/mol. The van der Waals surface area contributed by atoms with Crippen LogP contribution in [0.4, 0.5) is 13.6 Å². The molecule has 2 amide bonds. The Morgan fingerprint density at radius 2 is 1.95 bits per heavy atom. The number of hydrogen-bond acceptors (Lipinski definition) is 2. The molecule has 0 aliphatic heterocycles. The van der Waals surface area contributed by atoms with Crippen LogP contribution in [-0.4, -0.2) is 30.3 Å². The normalized spacial score (nSPS) is 17.1. The molecule has 1 aliphatic rings. The van der Waals surface area contributed by atoms with Crippen LogP contribution in [0, 0.1) is 17.6 Å². The van der Waals surface area contributed by atoms with Crippen LogP contribution in [0.15, 0.2) is 18.2 Å². The summed E-state index contributed by atoms with van der Waals surface area (Å²) in [5.74, 6) is -1.60. The summed E-state index contributed by atoms with van der Waals surface area (Å²) in [6.07, 6.45) is 1.54. The molecule has 0 bridgehead atoms. The lowest BCUT2D eigenvalue weighted by Crippen LogP contribution is -2.41. The highest BCUT2D eigenvalue weighted by molar-refractivity contribution is 5.73. The number of benzene rings is 1. The second-order valence-electron chi connectivity index (χ2n) is 5.57. The van der Waals surface area contributed by atoms with Crippen LogP contribution in [0.25, 0.3) is 0 Å². The summed E-state index contributed by atoms with van der Waals surface area (Å²) in [6, 6.07) is 3.34. The van der Waals surface area contributed by atoms with Gasteiger partial charge in [-0.15, -0.1) is 0 Å². The first-order chi connectivity index (χ1) is 9.97. The molecule has 21 heavy (non-hydrogen) atoms. The van der Waals surface area contributed by atoms with E-state index in [0.29, 0.717) is 18.0 Å². The molecular formula is C15H20F2N2O2. The maximum atomic E-state index is 13.1. The molecule has 1 aromatic rings. The van der Waals surface area contributed by atoms with Crippen molar-refractivity contribution >= 4 is 6.03 Å². The fraction of sp³-hybridized carbons (Fsp3) is 0.533. The molecule has 0 spiro atoms. The lowest BCUT2D eigenvalue weighted by Gasteiger charge is -2.15. The number of aliphatic hydroxyl groups is 1. The van der Waals surface area contributed by atoms with E-state index in [4.69, 9.17) is 0 Å². The second-order valence-corrected chi connectivity index (χ2v) is 5.57. The summed E-state index contributed by atoms with van der Waals surface area (Å²) >= 11 is 0. The third-order valence-corrected chi connectivity index (χ3v) is 3.72. The highest BCUT2D eigenvalue weighted by atomic mass is 19.2. The van der Waals surface area contributed by atoms with Gasteiger partial charge in [-0.3, -0.25) is 0 Å². The van der Waals surface area contributed by atoms with Crippen LogP contribution in [-0.2, 0) is 0 Å². The number of carbonyl (C=O) groups is 1. The van der Waals surface area contributed by atoms with Gasteiger partial charge in [-0.1, -0.05) is 13.0 Å². The summed E-state index contributed by atoms with van der Waals surface area (Å²) in [6.45, 7) is 2.35. The lowest BCUT2D eigenvalue weighted by atomic mass is 10.0. The first-order valence-corrected chi connectivity index (χ1v) is 7.12. The van der Waals surface area contributed by atoms with Crippen molar-refractivity contribution in [1.82, 2.24) is 10.6 Å². The van der Waals surface area contributed by atoms with Gasteiger partial charge in [0.1, 0.15) is 0 Å². The van der Waals surface area contributed by atoms with Gasteiger partial charge in [-0.05, 0) is 42.4 Å². The van der Waals surface area contributed by atoms with Crippen LogP contribution in [0.3, 0.4) is 0 Å². The Bertz CT molecular complexity index is 506. The van der Waals surface area contributed by atoms with E-state index < -0.39 is 17.7 Å². The molecule has 0 heterocycles. The van der Waals surface area contributed by atoms with Crippen molar-refractivity contribution in [3.63, 3.8) is 0 Å². The predicted molar refractivity (Wildman–Crippen MR) is 74.9 cm³/mol. The van der Waals surface area contributed by atoms with Crippen molar-refractivity contribution in [2.24, 2.45) is 5.92 Å². The van der Waals surface area contributed by atoms with Crippen molar-refractivity contribution in [1.29, 1.82) is 0 Å². The maximum absolute atomic E-state index is 13.1. The fourth-order valence-electron chi connectivity index (χ4n) is 2.09. The average molecular weight is 298 g/mol. The molecule has 4 nitrogen and oxygen atoms in total. The van der Waals surface area contributed by atoms with Crippen LogP contribution in [0.5, 0.6) is 0 Å². The number of aliphatic hydroxyl groups excluding tert-OH is 1. The van der Waals surface area contributed by atoms with Gasteiger partial charge in [0, 0.05) is 13.1 Å². The van der Waals surface area contributed by atoms with E-state index in [1.165, 1.54) is 6.07 Å². The second kappa shape index (κ2) is 6.85. The summed E-state index contributed by atoms with van der Waals surface area (Å²) < 4.78 is 26.0. The molecule has 1 aliphatic carbocycles. The van der Waals surface area contributed by atoms with Crippen LogP contribution in [0.1, 0.15) is 31.2 Å². The third kappa shape index (κ3) is 4.67. The SMILES string of the molecule is C[C@@H](CNC(=O)NC[C@@H](O)C1CC1)c1ccc(F)c(F)c1. The Kier molecular flexibility index (Phi) is 5.12. The molecule has 1 saturated carbocycles. The van der Waals surface area contributed by atoms with Gasteiger partial charge in [0.25, 0.3) is 0 Å². The number of urea groups is 1. The number of carbonyl (C=O) groups excluding carboxylic acids is 1. The molecule has 2 rings (SSSR count). The van der Waals surface area contributed by atoms with Gasteiger partial charge in [0.2, 0.25) is 0 Å². The van der Waals surface area contributed by atoms with Crippen molar-refractivity contribution in [3.8, 4) is 0 Å². The van der Waals surface area contributed by atoms with Crippen molar-refractivity contribution in [3.05, 3.63) is 35.4 Å². The highest BCUT2D eigenvalue weighted by Gasteiger charge is 2.29. The van der Waals surface area contributed by atoms with E-state index in [9.17, 15) is 18.7 Å². The van der Waals surface area contributed by atoms with Gasteiger partial charge in [0.15, 0.2) is 11.6 Å². The molecule has 0 radical (unpaired) electrons. The summed E-state index contributed by atoms with van der Waals surface area (Å²) in [4.78, 5) is 11.6. The standard InChI is InChI=1S/C15H20F2N2O2/c1-9(11-4-5-12(16)13(17)6-11)7-18-15(21)19-8-14(20)10-2-3-10/h4-6,9-10,14,20H,2-3,7-8H2,1H3,(H2,18,19,21)/t9-,14+/m0/s1. The average Bonchev–Trinajstić information content (AvgIpc) is 3.29. The van der Waals surface area contributed by atoms with E-state index in [2.05, 4.69) is 10.6 Å². The smallest absolute Gasteiger partial charge is 0.314 e. The number of halogens is 2. The Balaban J connectivity index is 1.73. The van der Waals surface area contributed by atoms with E-state index in [1.54, 1.807) is 0 Å². The van der Waals surface area contributed by atoms with Crippen molar-refractivity contribution in [2.45, 2.75) is 31.8 Å². The van der Waals surface area contributed by atoms with E-state index in [0.717, 1.165) is 25.0 Å². The Morgan fingerprint density at radius 3 is 2.57 bits per heavy atom. The topological polar surface area (TPSA) is 61.4 Å². The minimum atomic E-state index is -0.892. The first-order valence-electron chi connectivity index (χ1n) is 7.12. The largest absolute Gasteiger partial charge is 0.391 e. The monoisotopic (exact) mass is 298 g/mol. The molecule has 1 aromatic carbocycles. The highest BCUT2D eigenvalue weighted by Crippen LogP contribution is 2.32. The Hall–Kier alpha value is -1.69. The first kappa shape index (κ1) is 15.7. The van der Waals surface area contributed by atoms with Crippen LogP contribution >= 0.6 is 0 Å². The van der Waals surface area contributed by atoms with E-state index >= 15 is 0 Å². The van der Waals surface area contributed by atoms with Gasteiger partial charge in [0.05, 0.1) is 6.10 Å². The molecule has 6 heteroatoms. The summed E-state index contributed by atoms with van der Waals surface area (Å²) in [5, 5.41) is 14.9. The summed E-state index contributed by atoms with van der Waals surface area (Å²) in [5.41, 5.74) is 0.618. The zero-order valence-electron chi connectivity index (χ0n) is 11.9. The van der Waals surface area contributed by atoms with Crippen molar-refractivity contribution in [2.75, 3.05) is 13.1 Å². The molecule has 0 aromatic heterocycles. The van der Waals surface area contributed by atoms with Gasteiger partial charge in [-0.2, -0.15) is 0 Å². The predicted octanol–water partition coefficient (Wildman–Crippen LogP) is 2.14. The minimum Gasteiger partial charge on any atom is -0.391 e. The summed E-state index contributed by atoms with van der Waals surface area (Å²) in [7, 11) is 0. The Morgan fingerprint density at radius 1 is 1.29 bits per heavy atom. The number of rotatable bonds is 6. The van der Waals surface area contributed by atoms with Gasteiger partial charge in [-0.25, -0.2) is 13.6 Å². The third-order valence-electron chi connectivity index (χ3n) is 3.72. The molecule has 0 saturated heterocycles. The fourth-order valence-corrected chi connectivity index (χ4v) is 2.09. The zero-order valence-corrected chi connectivity index (χ0v) is 11.9. The number of nitrogens with one attached hydrogen (secondary N) is 2. The number of amides is 2. The van der Waals surface area contributed by atoms with Crippen LogP contribution in [0.2, 0.25) is 0 Å². The molecule has 2 atom stereocenters. The van der Waals surface area contributed by atoms with Crippen LogP contribution < -0.4 is 10.6 Å².